The summed E-state index contributed by atoms with van der Waals surface area (Å²) in [6.07, 6.45) is 2.37. The van der Waals surface area contributed by atoms with Gasteiger partial charge in [-0.2, -0.15) is 5.10 Å². The van der Waals surface area contributed by atoms with Gasteiger partial charge in [-0.1, -0.05) is 30.3 Å². The highest BCUT2D eigenvalue weighted by Crippen LogP contribution is 2.21. The van der Waals surface area contributed by atoms with Crippen molar-refractivity contribution >= 4 is 9.84 Å². The molecule has 1 aliphatic rings. The minimum atomic E-state index is -3.15. The first-order chi connectivity index (χ1) is 15.3. The molecular formula is C25H32N4O2S. The average molecular weight is 453 g/mol. The van der Waals surface area contributed by atoms with Gasteiger partial charge in [-0.15, -0.1) is 0 Å². The lowest BCUT2D eigenvalue weighted by atomic mass is 10.1. The van der Waals surface area contributed by atoms with E-state index in [1.807, 2.05) is 30.3 Å². The van der Waals surface area contributed by atoms with Crippen LogP contribution >= 0.6 is 0 Å². The maximum atomic E-state index is 11.7. The van der Waals surface area contributed by atoms with Crippen LogP contribution in [0.1, 0.15) is 28.9 Å². The minimum absolute atomic E-state index is 0.380. The van der Waals surface area contributed by atoms with Crippen LogP contribution in [0.3, 0.4) is 0 Å². The fraction of sp³-hybridized carbons (Fsp3) is 0.400. The summed E-state index contributed by atoms with van der Waals surface area (Å²) in [4.78, 5) is 5.37. The molecule has 0 amide bonds. The van der Waals surface area contributed by atoms with Crippen molar-refractivity contribution in [2.75, 3.05) is 32.4 Å². The molecule has 4 rings (SSSR count). The molecule has 1 saturated heterocycles. The van der Waals surface area contributed by atoms with Crippen LogP contribution in [0.4, 0.5) is 0 Å². The van der Waals surface area contributed by atoms with Crippen molar-refractivity contribution in [1.82, 2.24) is 19.6 Å². The molecule has 170 valence electrons. The highest BCUT2D eigenvalue weighted by molar-refractivity contribution is 7.90. The number of nitrogens with zero attached hydrogens (tertiary/aromatic N) is 4. The van der Waals surface area contributed by atoms with Gasteiger partial charge in [0.15, 0.2) is 9.84 Å². The van der Waals surface area contributed by atoms with Crippen LogP contribution in [0.5, 0.6) is 0 Å². The molecule has 6 nitrogen and oxygen atoms in total. The van der Waals surface area contributed by atoms with E-state index in [1.54, 1.807) is 12.1 Å². The summed E-state index contributed by atoms with van der Waals surface area (Å²) >= 11 is 0. The van der Waals surface area contributed by atoms with E-state index in [0.29, 0.717) is 4.90 Å². The number of hydrogen-bond acceptors (Lipinski definition) is 5. The summed E-state index contributed by atoms with van der Waals surface area (Å²) in [6.45, 7) is 10.2. The molecule has 3 aromatic rings. The zero-order valence-corrected chi connectivity index (χ0v) is 20.0. The predicted molar refractivity (Wildman–Crippen MR) is 128 cm³/mol. The minimum Gasteiger partial charge on any atom is -0.298 e. The molecular weight excluding hydrogens is 420 g/mol. The molecule has 0 saturated carbocycles. The third kappa shape index (κ3) is 5.28. The number of benzene rings is 2. The number of para-hydroxylation sites is 1. The van der Waals surface area contributed by atoms with Gasteiger partial charge in [0.05, 0.1) is 16.3 Å². The molecule has 32 heavy (non-hydrogen) atoms. The number of aryl methyl sites for hydroxylation is 1. The quantitative estimate of drug-likeness (QED) is 0.572. The van der Waals surface area contributed by atoms with Crippen LogP contribution in [0, 0.1) is 13.8 Å². The van der Waals surface area contributed by atoms with Gasteiger partial charge in [0.25, 0.3) is 0 Å². The van der Waals surface area contributed by atoms with Crippen molar-refractivity contribution in [2.24, 2.45) is 0 Å². The summed E-state index contributed by atoms with van der Waals surface area (Å²) < 4.78 is 25.4. The second-order valence-electron chi connectivity index (χ2n) is 8.72. The zero-order chi connectivity index (χ0) is 22.7. The second kappa shape index (κ2) is 9.57. The molecule has 0 atom stereocenters. The highest BCUT2D eigenvalue weighted by Gasteiger charge is 2.19. The van der Waals surface area contributed by atoms with Crippen molar-refractivity contribution in [3.8, 4) is 5.69 Å². The smallest absolute Gasteiger partial charge is 0.175 e. The van der Waals surface area contributed by atoms with Gasteiger partial charge in [-0.3, -0.25) is 9.80 Å². The summed E-state index contributed by atoms with van der Waals surface area (Å²) in [6, 6.07) is 17.6. The van der Waals surface area contributed by atoms with Crippen molar-refractivity contribution in [2.45, 2.75) is 38.3 Å². The normalized spacial score (nSPS) is 16.2. The van der Waals surface area contributed by atoms with E-state index in [-0.39, 0.29) is 0 Å². The first-order valence-corrected chi connectivity index (χ1v) is 13.0. The Hall–Kier alpha value is -2.48. The lowest BCUT2D eigenvalue weighted by Crippen LogP contribution is -2.30. The van der Waals surface area contributed by atoms with Gasteiger partial charge in [0, 0.05) is 43.7 Å². The van der Waals surface area contributed by atoms with E-state index < -0.39 is 9.84 Å². The van der Waals surface area contributed by atoms with Gasteiger partial charge in [-0.25, -0.2) is 13.1 Å². The van der Waals surface area contributed by atoms with E-state index in [1.165, 1.54) is 17.5 Å². The molecule has 0 radical (unpaired) electrons. The fourth-order valence-corrected chi connectivity index (χ4v) is 5.02. The molecule has 1 aliphatic heterocycles. The topological polar surface area (TPSA) is 58.4 Å². The van der Waals surface area contributed by atoms with Crippen molar-refractivity contribution < 1.29 is 8.42 Å². The molecule has 7 heteroatoms. The summed E-state index contributed by atoms with van der Waals surface area (Å²) in [5.74, 6) is 0. The van der Waals surface area contributed by atoms with Crippen LogP contribution in [0.25, 0.3) is 5.69 Å². The number of hydrogen-bond donors (Lipinski definition) is 0. The first kappa shape index (κ1) is 22.7. The predicted octanol–water partition coefficient (Wildman–Crippen LogP) is 3.60. The molecule has 1 aromatic heterocycles. The van der Waals surface area contributed by atoms with Gasteiger partial charge >= 0.3 is 0 Å². The fourth-order valence-electron chi connectivity index (χ4n) is 4.39. The molecule has 0 aliphatic carbocycles. The monoisotopic (exact) mass is 452 g/mol. The SMILES string of the molecule is Cc1nn(-c2ccccc2)c(C)c1CN1CCCN(Cc2ccc(S(C)(=O)=O)cc2)CC1. The second-order valence-corrected chi connectivity index (χ2v) is 10.7. The number of rotatable bonds is 6. The highest BCUT2D eigenvalue weighted by atomic mass is 32.2. The Morgan fingerprint density at radius 2 is 1.47 bits per heavy atom. The Morgan fingerprint density at radius 3 is 2.09 bits per heavy atom. The van der Waals surface area contributed by atoms with Crippen molar-refractivity contribution in [3.05, 3.63) is 77.1 Å². The lowest BCUT2D eigenvalue weighted by molar-refractivity contribution is 0.246. The van der Waals surface area contributed by atoms with Crippen LogP contribution in [-0.2, 0) is 22.9 Å². The Labute approximate surface area is 191 Å². The standard InChI is InChI=1S/C25H32N4O2S/c1-20-25(21(2)29(26-20)23-8-5-4-6-9-23)19-28-15-7-14-27(16-17-28)18-22-10-12-24(13-11-22)32(3,30)31/h4-6,8-13H,7,14-19H2,1-3H3. The van der Waals surface area contributed by atoms with Gasteiger partial charge in [0.1, 0.15) is 0 Å². The van der Waals surface area contributed by atoms with E-state index in [9.17, 15) is 8.42 Å². The number of sulfone groups is 1. The van der Waals surface area contributed by atoms with Crippen molar-refractivity contribution in [1.29, 1.82) is 0 Å². The molecule has 0 unspecified atom stereocenters. The van der Waals surface area contributed by atoms with E-state index in [2.05, 4.69) is 40.5 Å². The molecule has 1 fully saturated rings. The molecule has 0 N–H and O–H groups in total. The van der Waals surface area contributed by atoms with E-state index in [0.717, 1.165) is 62.6 Å². The Balaban J connectivity index is 1.38. The van der Waals surface area contributed by atoms with Gasteiger partial charge in [-0.05, 0) is 63.2 Å². The van der Waals surface area contributed by atoms with E-state index in [4.69, 9.17) is 5.10 Å². The first-order valence-electron chi connectivity index (χ1n) is 11.2. The number of aromatic nitrogens is 2. The maximum absolute atomic E-state index is 11.7. The summed E-state index contributed by atoms with van der Waals surface area (Å²) in [7, 11) is -3.15. The molecule has 2 heterocycles. The maximum Gasteiger partial charge on any atom is 0.175 e. The van der Waals surface area contributed by atoms with Crippen LogP contribution in [0.2, 0.25) is 0 Å². The third-order valence-electron chi connectivity index (χ3n) is 6.26. The van der Waals surface area contributed by atoms with Crippen LogP contribution < -0.4 is 0 Å². The summed E-state index contributed by atoms with van der Waals surface area (Å²) in [5.41, 5.74) is 5.88. The van der Waals surface area contributed by atoms with E-state index >= 15 is 0 Å². The van der Waals surface area contributed by atoms with Gasteiger partial charge < -0.3 is 0 Å². The molecule has 0 bridgehead atoms. The Kier molecular flexibility index (Phi) is 6.79. The Morgan fingerprint density at radius 1 is 0.844 bits per heavy atom. The largest absolute Gasteiger partial charge is 0.298 e. The zero-order valence-electron chi connectivity index (χ0n) is 19.2. The van der Waals surface area contributed by atoms with Crippen molar-refractivity contribution in [3.63, 3.8) is 0 Å². The van der Waals surface area contributed by atoms with Crippen LogP contribution in [0.15, 0.2) is 59.5 Å². The lowest BCUT2D eigenvalue weighted by Gasteiger charge is -2.22. The molecule has 0 spiro atoms. The van der Waals surface area contributed by atoms with Gasteiger partial charge in [0.2, 0.25) is 0 Å². The van der Waals surface area contributed by atoms with Crippen LogP contribution in [-0.4, -0.2) is 60.4 Å². The third-order valence-corrected chi connectivity index (χ3v) is 7.39. The Bertz CT molecular complexity index is 1150. The summed E-state index contributed by atoms with van der Waals surface area (Å²) in [5, 5.41) is 4.80. The molecule has 2 aromatic carbocycles. The average Bonchev–Trinajstić information content (AvgIpc) is 2.92.